The van der Waals surface area contributed by atoms with Crippen LogP contribution in [0.1, 0.15) is 17.2 Å². The van der Waals surface area contributed by atoms with Gasteiger partial charge >= 0.3 is 0 Å². The Bertz CT molecular complexity index is 967. The average Bonchev–Trinajstić information content (AvgIpc) is 3.07. The van der Waals surface area contributed by atoms with E-state index in [-0.39, 0.29) is 17.9 Å². The molecule has 130 valence electrons. The van der Waals surface area contributed by atoms with Crippen molar-refractivity contribution >= 4 is 37.7 Å². The minimum absolute atomic E-state index is 0.144. The fourth-order valence-corrected chi connectivity index (χ4v) is 5.14. The first kappa shape index (κ1) is 17.6. The van der Waals surface area contributed by atoms with Crippen LogP contribution in [0.2, 0.25) is 0 Å². The van der Waals surface area contributed by atoms with Crippen LogP contribution in [0.25, 0.3) is 10.1 Å². The number of nitrogens with zero attached hydrogens (tertiary/aromatic N) is 1. The van der Waals surface area contributed by atoms with Gasteiger partial charge in [-0.05, 0) is 40.1 Å². The molecule has 25 heavy (non-hydrogen) atoms. The lowest BCUT2D eigenvalue weighted by Crippen LogP contribution is -2.30. The number of fused-ring (bicyclic) bond motifs is 1. The van der Waals surface area contributed by atoms with Gasteiger partial charge in [-0.15, -0.1) is 11.3 Å². The third-order valence-electron chi connectivity index (χ3n) is 3.93. The number of sulfone groups is 1. The van der Waals surface area contributed by atoms with Crippen LogP contribution in [0.15, 0.2) is 60.0 Å². The molecule has 0 bridgehead atoms. The molecule has 5 nitrogen and oxygen atoms in total. The lowest BCUT2D eigenvalue weighted by molar-refractivity contribution is -0.158. The Morgan fingerprint density at radius 2 is 1.88 bits per heavy atom. The summed E-state index contributed by atoms with van der Waals surface area (Å²) in [7, 11) is -3.55. The van der Waals surface area contributed by atoms with E-state index in [0.717, 1.165) is 10.1 Å². The Labute approximate surface area is 150 Å². The molecule has 1 aromatic heterocycles. The second kappa shape index (κ2) is 7.35. The number of thiophene rings is 1. The van der Waals surface area contributed by atoms with Crippen LogP contribution in [0, 0.1) is 0 Å². The molecule has 1 amide bonds. The maximum absolute atomic E-state index is 12.6. The van der Waals surface area contributed by atoms with E-state index in [0.29, 0.717) is 16.2 Å². The zero-order valence-corrected chi connectivity index (χ0v) is 14.9. The molecule has 1 N–H and O–H groups in total. The van der Waals surface area contributed by atoms with Gasteiger partial charge in [0, 0.05) is 4.70 Å². The molecule has 0 saturated heterocycles. The highest BCUT2D eigenvalue weighted by Crippen LogP contribution is 2.25. The maximum Gasteiger partial charge on any atom is 0.233 e. The van der Waals surface area contributed by atoms with Gasteiger partial charge in [0.1, 0.15) is 0 Å². The van der Waals surface area contributed by atoms with Crippen molar-refractivity contribution in [2.75, 3.05) is 5.75 Å². The predicted molar refractivity (Wildman–Crippen MR) is 98.2 cm³/mol. The molecular formula is C18H17NO4S2. The number of carbonyl (C=O) groups is 1. The molecular weight excluding hydrogens is 358 g/mol. The van der Waals surface area contributed by atoms with Crippen LogP contribution in [0.5, 0.6) is 0 Å². The Balaban J connectivity index is 1.83. The lowest BCUT2D eigenvalue weighted by Gasteiger charge is -2.22. The third kappa shape index (κ3) is 4.25. The van der Waals surface area contributed by atoms with Crippen molar-refractivity contribution in [3.8, 4) is 0 Å². The van der Waals surface area contributed by atoms with E-state index in [1.54, 1.807) is 47.7 Å². The topological polar surface area (TPSA) is 74.7 Å². The second-order valence-corrected chi connectivity index (χ2v) is 8.82. The van der Waals surface area contributed by atoms with Crippen LogP contribution >= 0.6 is 11.3 Å². The number of amides is 1. The van der Waals surface area contributed by atoms with Crippen LogP contribution < -0.4 is 0 Å². The number of hydrogen-bond acceptors (Lipinski definition) is 5. The van der Waals surface area contributed by atoms with E-state index in [4.69, 9.17) is 0 Å². The van der Waals surface area contributed by atoms with E-state index >= 15 is 0 Å². The van der Waals surface area contributed by atoms with Crippen molar-refractivity contribution in [2.45, 2.75) is 11.8 Å². The lowest BCUT2D eigenvalue weighted by atomic mass is 10.1. The Morgan fingerprint density at radius 1 is 1.12 bits per heavy atom. The number of benzene rings is 2. The van der Waals surface area contributed by atoms with Gasteiger partial charge in [-0.1, -0.05) is 36.4 Å². The third-order valence-corrected chi connectivity index (χ3v) is 6.42. The normalized spacial score (nSPS) is 12.8. The van der Waals surface area contributed by atoms with Gasteiger partial charge in [-0.25, -0.2) is 13.5 Å². The molecule has 0 fully saturated rings. The molecule has 1 heterocycles. The zero-order chi connectivity index (χ0) is 17.9. The monoisotopic (exact) mass is 375 g/mol. The van der Waals surface area contributed by atoms with Crippen molar-refractivity contribution < 1.29 is 18.4 Å². The van der Waals surface area contributed by atoms with E-state index in [1.165, 1.54) is 0 Å². The molecule has 7 heteroatoms. The smallest absolute Gasteiger partial charge is 0.233 e. The second-order valence-electron chi connectivity index (χ2n) is 5.76. The summed E-state index contributed by atoms with van der Waals surface area (Å²) in [6.45, 7) is 0. The van der Waals surface area contributed by atoms with Gasteiger partial charge in [-0.2, -0.15) is 0 Å². The first-order valence-electron chi connectivity index (χ1n) is 7.62. The van der Waals surface area contributed by atoms with Crippen molar-refractivity contribution in [2.24, 2.45) is 0 Å². The molecule has 1 unspecified atom stereocenters. The summed E-state index contributed by atoms with van der Waals surface area (Å²) in [5.74, 6) is -0.497. The minimum Gasteiger partial charge on any atom is -0.285 e. The summed E-state index contributed by atoms with van der Waals surface area (Å²) in [5, 5.41) is 13.2. The number of carbonyl (C=O) groups excluding carboxylic acids is 1. The molecule has 3 rings (SSSR count). The van der Waals surface area contributed by atoms with E-state index < -0.39 is 15.9 Å². The fraction of sp³-hybridized carbons (Fsp3) is 0.167. The van der Waals surface area contributed by atoms with Gasteiger partial charge < -0.3 is 0 Å². The van der Waals surface area contributed by atoms with Crippen molar-refractivity contribution in [3.05, 3.63) is 71.1 Å². The van der Waals surface area contributed by atoms with Gasteiger partial charge in [0.25, 0.3) is 0 Å². The molecule has 0 aliphatic carbocycles. The predicted octanol–water partition coefficient (Wildman–Crippen LogP) is 3.41. The largest absolute Gasteiger partial charge is 0.285 e. The molecule has 0 aliphatic rings. The highest BCUT2D eigenvalue weighted by Gasteiger charge is 2.25. The van der Waals surface area contributed by atoms with Crippen molar-refractivity contribution in [1.29, 1.82) is 0 Å². The molecule has 0 saturated carbocycles. The molecule has 1 atom stereocenters. The SMILES string of the molecule is O=CN(O)C(CS(=O)(=O)Cc1ccc2sccc2c1)c1ccccc1. The maximum atomic E-state index is 12.6. The molecule has 3 aromatic rings. The first-order chi connectivity index (χ1) is 12.0. The molecule has 0 spiro atoms. The van der Waals surface area contributed by atoms with Gasteiger partial charge in [0.15, 0.2) is 9.84 Å². The van der Waals surface area contributed by atoms with Gasteiger partial charge in [-0.3, -0.25) is 10.0 Å². The standard InChI is InChI=1S/C18H17NO4S2/c20-13-19(21)17(15-4-2-1-3-5-15)12-25(22,23)11-14-6-7-18-16(10-14)8-9-24-18/h1-10,13,17,21H,11-12H2. The summed E-state index contributed by atoms with van der Waals surface area (Å²) in [6, 6.07) is 15.2. The number of hydrogen-bond donors (Lipinski definition) is 1. The molecule has 0 radical (unpaired) electrons. The Morgan fingerprint density at radius 3 is 2.60 bits per heavy atom. The van der Waals surface area contributed by atoms with E-state index in [2.05, 4.69) is 0 Å². The summed E-state index contributed by atoms with van der Waals surface area (Å²) in [4.78, 5) is 11.0. The van der Waals surface area contributed by atoms with Crippen LogP contribution in [0.4, 0.5) is 0 Å². The Hall–Kier alpha value is -2.22. The van der Waals surface area contributed by atoms with Gasteiger partial charge in [0.2, 0.25) is 6.41 Å². The van der Waals surface area contributed by atoms with Crippen molar-refractivity contribution in [3.63, 3.8) is 0 Å². The number of hydroxylamine groups is 2. The summed E-state index contributed by atoms with van der Waals surface area (Å²) >= 11 is 1.60. The number of rotatable bonds is 7. The zero-order valence-electron chi connectivity index (χ0n) is 13.3. The quantitative estimate of drug-likeness (QED) is 0.390. The van der Waals surface area contributed by atoms with Crippen LogP contribution in [0.3, 0.4) is 0 Å². The van der Waals surface area contributed by atoms with Crippen LogP contribution in [-0.4, -0.2) is 30.9 Å². The average molecular weight is 375 g/mol. The van der Waals surface area contributed by atoms with E-state index in [9.17, 15) is 18.4 Å². The molecule has 2 aromatic carbocycles. The van der Waals surface area contributed by atoms with Crippen molar-refractivity contribution in [1.82, 2.24) is 5.06 Å². The van der Waals surface area contributed by atoms with E-state index in [1.807, 2.05) is 23.6 Å². The minimum atomic E-state index is -3.55. The summed E-state index contributed by atoms with van der Waals surface area (Å²) < 4.78 is 26.4. The Kier molecular flexibility index (Phi) is 5.17. The summed E-state index contributed by atoms with van der Waals surface area (Å²) in [5.41, 5.74) is 1.25. The van der Waals surface area contributed by atoms with Crippen LogP contribution in [-0.2, 0) is 20.4 Å². The molecule has 0 aliphatic heterocycles. The first-order valence-corrected chi connectivity index (χ1v) is 10.3. The highest BCUT2D eigenvalue weighted by atomic mass is 32.2. The van der Waals surface area contributed by atoms with Gasteiger partial charge in [0.05, 0.1) is 17.5 Å². The fourth-order valence-electron chi connectivity index (χ4n) is 2.73. The summed E-state index contributed by atoms with van der Waals surface area (Å²) in [6.07, 6.45) is 0.227. The highest BCUT2D eigenvalue weighted by molar-refractivity contribution is 7.90.